The van der Waals surface area contributed by atoms with Crippen LogP contribution in [0, 0.1) is 0 Å². The summed E-state index contributed by atoms with van der Waals surface area (Å²) in [6.45, 7) is 5.42. The molecule has 1 aliphatic carbocycles. The van der Waals surface area contributed by atoms with Gasteiger partial charge in [-0.15, -0.1) is 0 Å². The van der Waals surface area contributed by atoms with Crippen molar-refractivity contribution in [1.82, 2.24) is 24.6 Å². The van der Waals surface area contributed by atoms with E-state index < -0.39 is 0 Å². The van der Waals surface area contributed by atoms with Crippen molar-refractivity contribution < 1.29 is 9.90 Å². The van der Waals surface area contributed by atoms with E-state index >= 15 is 0 Å². The molecule has 1 aromatic rings. The van der Waals surface area contributed by atoms with Crippen molar-refractivity contribution in [2.75, 3.05) is 13.1 Å². The highest BCUT2D eigenvalue weighted by molar-refractivity contribution is 5.87. The van der Waals surface area contributed by atoms with Crippen molar-refractivity contribution in [2.24, 2.45) is 0 Å². The molecule has 1 atom stereocenters. The van der Waals surface area contributed by atoms with Crippen LogP contribution in [0.1, 0.15) is 64.1 Å². The number of carbonyl (C=O) groups is 1. The summed E-state index contributed by atoms with van der Waals surface area (Å²) >= 11 is 0. The Kier molecular flexibility index (Phi) is 5.01. The zero-order valence-corrected chi connectivity index (χ0v) is 15.8. The molecule has 1 aromatic heterocycles. The van der Waals surface area contributed by atoms with Gasteiger partial charge in [0.15, 0.2) is 0 Å². The zero-order valence-electron chi connectivity index (χ0n) is 15.8. The second kappa shape index (κ2) is 7.27. The lowest BCUT2D eigenvalue weighted by atomic mass is 9.82. The molecule has 3 heterocycles. The molecular formula is C19H31N5O2. The van der Waals surface area contributed by atoms with E-state index in [0.717, 1.165) is 76.8 Å². The first kappa shape index (κ1) is 17.9. The molecular weight excluding hydrogens is 330 g/mol. The first-order chi connectivity index (χ1) is 12.6. The number of aryl methyl sites for hydroxylation is 1. The summed E-state index contributed by atoms with van der Waals surface area (Å²) in [5.74, 6) is 1.28. The van der Waals surface area contributed by atoms with E-state index in [1.165, 1.54) is 0 Å². The molecule has 1 spiro atoms. The van der Waals surface area contributed by atoms with E-state index in [1.54, 1.807) is 6.33 Å². The molecule has 7 nitrogen and oxygen atoms in total. The number of hydrogen-bond donors (Lipinski definition) is 1. The minimum absolute atomic E-state index is 0.177. The number of hydrogen-bond acceptors (Lipinski definition) is 5. The predicted octanol–water partition coefficient (Wildman–Crippen LogP) is 1.56. The highest BCUT2D eigenvalue weighted by atomic mass is 16.3. The van der Waals surface area contributed by atoms with Crippen molar-refractivity contribution >= 4 is 5.91 Å². The SMILES string of the molecule is CCn1ncnc1CN1CCCC12CCCN(C1CCC(O)CC1)C2=O. The van der Waals surface area contributed by atoms with Gasteiger partial charge in [0.25, 0.3) is 0 Å². The molecule has 1 saturated carbocycles. The summed E-state index contributed by atoms with van der Waals surface area (Å²) in [7, 11) is 0. The molecule has 0 aromatic carbocycles. The van der Waals surface area contributed by atoms with Crippen molar-refractivity contribution in [3.8, 4) is 0 Å². The van der Waals surface area contributed by atoms with Crippen LogP contribution in [0.15, 0.2) is 6.33 Å². The van der Waals surface area contributed by atoms with Gasteiger partial charge < -0.3 is 10.0 Å². The number of aromatic nitrogens is 3. The van der Waals surface area contributed by atoms with Crippen LogP contribution in [-0.2, 0) is 17.9 Å². The van der Waals surface area contributed by atoms with Gasteiger partial charge in [-0.3, -0.25) is 9.69 Å². The lowest BCUT2D eigenvalue weighted by Gasteiger charge is -2.48. The fourth-order valence-corrected chi connectivity index (χ4v) is 5.27. The molecule has 2 aliphatic heterocycles. The third-order valence-corrected chi connectivity index (χ3v) is 6.71. The number of aliphatic hydroxyl groups excluding tert-OH is 1. The van der Waals surface area contributed by atoms with Crippen LogP contribution in [0.2, 0.25) is 0 Å². The molecule has 0 radical (unpaired) electrons. The second-order valence-electron chi connectivity index (χ2n) is 8.11. The molecule has 144 valence electrons. The average molecular weight is 361 g/mol. The number of amides is 1. The van der Waals surface area contributed by atoms with Gasteiger partial charge in [0, 0.05) is 19.1 Å². The number of rotatable bonds is 4. The standard InChI is InChI=1S/C19H31N5O2/c1-2-24-17(20-14-21-24)13-22-11-3-9-19(22)10-4-12-23(18(19)26)15-5-7-16(25)8-6-15/h14-16,25H,2-13H2,1H3. The van der Waals surface area contributed by atoms with E-state index in [1.807, 2.05) is 4.68 Å². The van der Waals surface area contributed by atoms with Crippen LogP contribution in [0.4, 0.5) is 0 Å². The number of nitrogens with zero attached hydrogens (tertiary/aromatic N) is 5. The quantitative estimate of drug-likeness (QED) is 0.881. The van der Waals surface area contributed by atoms with E-state index in [0.29, 0.717) is 18.5 Å². The Labute approximate surface area is 155 Å². The average Bonchev–Trinajstić information content (AvgIpc) is 3.26. The summed E-state index contributed by atoms with van der Waals surface area (Å²) in [5.41, 5.74) is -0.348. The fourth-order valence-electron chi connectivity index (χ4n) is 5.27. The first-order valence-corrected chi connectivity index (χ1v) is 10.2. The van der Waals surface area contributed by atoms with Gasteiger partial charge in [0.2, 0.25) is 5.91 Å². The van der Waals surface area contributed by atoms with Crippen LogP contribution in [-0.4, -0.2) is 66.4 Å². The van der Waals surface area contributed by atoms with Crippen LogP contribution in [0.3, 0.4) is 0 Å². The van der Waals surface area contributed by atoms with Crippen molar-refractivity contribution in [2.45, 2.75) is 89.1 Å². The van der Waals surface area contributed by atoms with E-state index in [2.05, 4.69) is 26.8 Å². The van der Waals surface area contributed by atoms with Crippen molar-refractivity contribution in [3.63, 3.8) is 0 Å². The molecule has 1 N–H and O–H groups in total. The Balaban J connectivity index is 1.52. The van der Waals surface area contributed by atoms with Crippen LogP contribution < -0.4 is 0 Å². The Morgan fingerprint density at radius 1 is 1.19 bits per heavy atom. The highest BCUT2D eigenvalue weighted by Crippen LogP contribution is 2.40. The maximum absolute atomic E-state index is 13.6. The summed E-state index contributed by atoms with van der Waals surface area (Å²) in [4.78, 5) is 22.6. The first-order valence-electron chi connectivity index (χ1n) is 10.2. The fraction of sp³-hybridized carbons (Fsp3) is 0.842. The van der Waals surface area contributed by atoms with Crippen LogP contribution in [0.5, 0.6) is 0 Å². The van der Waals surface area contributed by atoms with E-state index in [4.69, 9.17) is 0 Å². The highest BCUT2D eigenvalue weighted by Gasteiger charge is 2.52. The lowest BCUT2D eigenvalue weighted by molar-refractivity contribution is -0.152. The number of likely N-dealkylation sites (tertiary alicyclic amines) is 2. The molecule has 1 amide bonds. The molecule has 1 unspecified atom stereocenters. The van der Waals surface area contributed by atoms with Crippen molar-refractivity contribution in [1.29, 1.82) is 0 Å². The molecule has 3 aliphatic rings. The normalized spacial score (nSPS) is 33.3. The number of aliphatic hydroxyl groups is 1. The second-order valence-corrected chi connectivity index (χ2v) is 8.11. The third kappa shape index (κ3) is 3.05. The Hall–Kier alpha value is -1.47. The van der Waals surface area contributed by atoms with Crippen molar-refractivity contribution in [3.05, 3.63) is 12.2 Å². The summed E-state index contributed by atoms with van der Waals surface area (Å²) < 4.78 is 1.93. The van der Waals surface area contributed by atoms with Gasteiger partial charge in [-0.2, -0.15) is 5.10 Å². The number of carbonyl (C=O) groups excluding carboxylic acids is 1. The Morgan fingerprint density at radius 3 is 2.65 bits per heavy atom. The van der Waals surface area contributed by atoms with Crippen LogP contribution in [0.25, 0.3) is 0 Å². The third-order valence-electron chi connectivity index (χ3n) is 6.71. The Morgan fingerprint density at radius 2 is 1.92 bits per heavy atom. The predicted molar refractivity (Wildman–Crippen MR) is 97.3 cm³/mol. The topological polar surface area (TPSA) is 74.5 Å². The minimum Gasteiger partial charge on any atom is -0.393 e. The zero-order chi connectivity index (χ0) is 18.1. The molecule has 2 saturated heterocycles. The Bertz CT molecular complexity index is 640. The lowest BCUT2D eigenvalue weighted by Crippen LogP contribution is -2.62. The largest absolute Gasteiger partial charge is 0.393 e. The molecule has 26 heavy (non-hydrogen) atoms. The minimum atomic E-state index is -0.348. The summed E-state index contributed by atoms with van der Waals surface area (Å²) in [6, 6.07) is 0.310. The molecule has 7 heteroatoms. The maximum Gasteiger partial charge on any atom is 0.243 e. The summed E-state index contributed by atoms with van der Waals surface area (Å²) in [5, 5.41) is 14.1. The van der Waals surface area contributed by atoms with Gasteiger partial charge in [-0.25, -0.2) is 9.67 Å². The number of piperidine rings is 1. The van der Waals surface area contributed by atoms with Gasteiger partial charge in [-0.1, -0.05) is 0 Å². The van der Waals surface area contributed by atoms with E-state index in [-0.39, 0.29) is 11.6 Å². The smallest absolute Gasteiger partial charge is 0.243 e. The van der Waals surface area contributed by atoms with Gasteiger partial charge >= 0.3 is 0 Å². The van der Waals surface area contributed by atoms with Gasteiger partial charge in [0.1, 0.15) is 17.7 Å². The maximum atomic E-state index is 13.6. The van der Waals surface area contributed by atoms with E-state index in [9.17, 15) is 9.90 Å². The monoisotopic (exact) mass is 361 g/mol. The van der Waals surface area contributed by atoms with Gasteiger partial charge in [0.05, 0.1) is 12.6 Å². The van der Waals surface area contributed by atoms with Gasteiger partial charge in [-0.05, 0) is 64.8 Å². The summed E-state index contributed by atoms with van der Waals surface area (Å²) in [6.07, 6.45) is 9.02. The molecule has 0 bridgehead atoms. The molecule has 4 rings (SSSR count). The van der Waals surface area contributed by atoms with Crippen LogP contribution >= 0.6 is 0 Å². The molecule has 3 fully saturated rings.